The average molecular weight is 498 g/mol. The molecule has 11 heteroatoms. The van der Waals surface area contributed by atoms with Gasteiger partial charge in [-0.1, -0.05) is 23.0 Å². The molecule has 2 aromatic carbocycles. The van der Waals surface area contributed by atoms with Crippen molar-refractivity contribution in [1.82, 2.24) is 15.1 Å². The van der Waals surface area contributed by atoms with Crippen LogP contribution in [-0.4, -0.2) is 34.9 Å². The van der Waals surface area contributed by atoms with E-state index in [-0.39, 0.29) is 11.6 Å². The molecule has 0 aliphatic carbocycles. The highest BCUT2D eigenvalue weighted by molar-refractivity contribution is 7.99. The summed E-state index contributed by atoms with van der Waals surface area (Å²) in [7, 11) is 1.58. The Labute approximate surface area is 205 Å². The van der Waals surface area contributed by atoms with Gasteiger partial charge in [-0.15, -0.1) is 0 Å². The number of rotatable bonds is 8. The lowest BCUT2D eigenvalue weighted by atomic mass is 10.1. The molecule has 0 unspecified atom stereocenters. The summed E-state index contributed by atoms with van der Waals surface area (Å²) in [6, 6.07) is 11.7. The number of hydrogen-bond acceptors (Lipinski definition) is 8. The Hall–Kier alpha value is -3.86. The molecule has 2 N–H and O–H groups in total. The van der Waals surface area contributed by atoms with E-state index in [2.05, 4.69) is 25.8 Å². The zero-order valence-electron chi connectivity index (χ0n) is 19.6. The summed E-state index contributed by atoms with van der Waals surface area (Å²) in [4.78, 5) is 22.0. The molecule has 0 spiro atoms. The Kier molecular flexibility index (Phi) is 7.06. The zero-order chi connectivity index (χ0) is 25.0. The molecule has 182 valence electrons. The fraction of sp³-hybridized carbons (Fsp3) is 0.250. The molecule has 4 aromatic rings. The van der Waals surface area contributed by atoms with Crippen LogP contribution in [0, 0.1) is 0 Å². The molecule has 35 heavy (non-hydrogen) atoms. The van der Waals surface area contributed by atoms with E-state index in [0.717, 1.165) is 20.8 Å². The predicted molar refractivity (Wildman–Crippen MR) is 131 cm³/mol. The number of hydrogen-bond donors (Lipinski definition) is 2. The minimum atomic E-state index is -1.68. The molecule has 0 aliphatic heterocycles. The molecule has 0 radical (unpaired) electrons. The lowest BCUT2D eigenvalue weighted by Gasteiger charge is -2.12. The molecule has 2 heterocycles. The molecule has 0 saturated heterocycles. The van der Waals surface area contributed by atoms with Crippen molar-refractivity contribution in [3.63, 3.8) is 0 Å². The van der Waals surface area contributed by atoms with Gasteiger partial charge in [0.25, 0.3) is 0 Å². The van der Waals surface area contributed by atoms with Crippen LogP contribution < -0.4 is 20.1 Å². The van der Waals surface area contributed by atoms with Crippen LogP contribution in [0.15, 0.2) is 63.2 Å². The maximum Gasteiger partial charge on any atom is 0.326 e. The number of carbonyl (C=O) groups excluding carboxylic acids is 1. The van der Waals surface area contributed by atoms with E-state index in [9.17, 15) is 9.18 Å². The van der Waals surface area contributed by atoms with Crippen molar-refractivity contribution in [2.45, 2.75) is 36.4 Å². The molecule has 2 amide bonds. The van der Waals surface area contributed by atoms with Crippen LogP contribution in [0.1, 0.15) is 26.5 Å². The highest BCUT2D eigenvalue weighted by Gasteiger charge is 2.24. The highest BCUT2D eigenvalue weighted by Crippen LogP contribution is 2.37. The van der Waals surface area contributed by atoms with Gasteiger partial charge in [-0.25, -0.2) is 19.2 Å². The summed E-state index contributed by atoms with van der Waals surface area (Å²) in [5, 5.41) is 10.4. The number of carbonyl (C=O) groups is 1. The van der Waals surface area contributed by atoms with Crippen molar-refractivity contribution in [2.75, 3.05) is 24.4 Å². The smallest absolute Gasteiger partial charge is 0.326 e. The Morgan fingerprint density at radius 2 is 1.97 bits per heavy atom. The first-order chi connectivity index (χ1) is 16.8. The first-order valence-electron chi connectivity index (χ1n) is 10.7. The van der Waals surface area contributed by atoms with E-state index in [1.807, 2.05) is 37.3 Å². The molecular formula is C24H24FN5O4S. The molecule has 0 atom stereocenters. The van der Waals surface area contributed by atoms with Gasteiger partial charge in [0.15, 0.2) is 17.2 Å². The van der Waals surface area contributed by atoms with Gasteiger partial charge in [-0.2, -0.15) is 0 Å². The van der Waals surface area contributed by atoms with Gasteiger partial charge in [-0.05, 0) is 45.0 Å². The summed E-state index contributed by atoms with van der Waals surface area (Å²) in [6.07, 6.45) is 1.49. The number of aromatic nitrogens is 3. The van der Waals surface area contributed by atoms with Gasteiger partial charge in [0, 0.05) is 28.1 Å². The Balaban J connectivity index is 1.51. The molecule has 0 aliphatic rings. The highest BCUT2D eigenvalue weighted by atomic mass is 32.2. The third-order valence-electron chi connectivity index (χ3n) is 4.85. The third-order valence-corrected chi connectivity index (χ3v) is 5.85. The van der Waals surface area contributed by atoms with E-state index >= 15 is 0 Å². The summed E-state index contributed by atoms with van der Waals surface area (Å²) in [5.41, 5.74) is -0.314. The van der Waals surface area contributed by atoms with Gasteiger partial charge in [0.1, 0.15) is 17.0 Å². The molecule has 0 bridgehead atoms. The third kappa shape index (κ3) is 5.80. The summed E-state index contributed by atoms with van der Waals surface area (Å²) < 4.78 is 30.1. The molecule has 4 rings (SSSR count). The van der Waals surface area contributed by atoms with Gasteiger partial charge < -0.3 is 19.3 Å². The van der Waals surface area contributed by atoms with E-state index in [1.165, 1.54) is 38.0 Å². The molecule has 0 saturated carbocycles. The van der Waals surface area contributed by atoms with Gasteiger partial charge >= 0.3 is 6.03 Å². The zero-order valence-corrected chi connectivity index (χ0v) is 20.4. The standard InChI is InChI=1S/C24H24FN5O4S/c1-5-33-19-10-16-17(11-18(19)32-4)26-13-27-22(16)35-15-8-6-7-14(9-15)28-23(31)29-21-12-20(30-34-21)24(2,3)25/h6-13H,5H2,1-4H3,(H2,28,29,31). The number of ether oxygens (including phenoxy) is 2. The number of nitrogens with one attached hydrogen (secondary N) is 2. The summed E-state index contributed by atoms with van der Waals surface area (Å²) >= 11 is 1.42. The topological polar surface area (TPSA) is 111 Å². The second-order valence-electron chi connectivity index (χ2n) is 7.89. The number of benzene rings is 2. The lowest BCUT2D eigenvalue weighted by Crippen LogP contribution is -2.19. The Morgan fingerprint density at radius 1 is 1.14 bits per heavy atom. The maximum absolute atomic E-state index is 14.0. The number of alkyl halides is 1. The normalized spacial score (nSPS) is 11.3. The SMILES string of the molecule is CCOc1cc2c(Sc3cccc(NC(=O)Nc4cc(C(C)(C)F)no4)c3)ncnc2cc1OC. The van der Waals surface area contributed by atoms with E-state index in [0.29, 0.717) is 23.8 Å². The first-order valence-corrected chi connectivity index (χ1v) is 11.6. The minimum absolute atomic E-state index is 0.0433. The number of urea groups is 1. The number of halogens is 1. The summed E-state index contributed by atoms with van der Waals surface area (Å²) in [6.45, 7) is 5.10. The first kappa shape index (κ1) is 24.3. The second-order valence-corrected chi connectivity index (χ2v) is 8.95. The van der Waals surface area contributed by atoms with Crippen LogP contribution in [0.2, 0.25) is 0 Å². The Morgan fingerprint density at radius 3 is 2.69 bits per heavy atom. The van der Waals surface area contributed by atoms with Crippen molar-refractivity contribution in [3.8, 4) is 11.5 Å². The number of amides is 2. The average Bonchev–Trinajstić information content (AvgIpc) is 3.28. The van der Waals surface area contributed by atoms with Crippen molar-refractivity contribution in [2.24, 2.45) is 0 Å². The summed E-state index contributed by atoms with van der Waals surface area (Å²) in [5.74, 6) is 1.25. The van der Waals surface area contributed by atoms with Crippen molar-refractivity contribution < 1.29 is 23.2 Å². The maximum atomic E-state index is 14.0. The van der Waals surface area contributed by atoms with Crippen LogP contribution in [0.5, 0.6) is 11.5 Å². The van der Waals surface area contributed by atoms with Crippen LogP contribution in [0.4, 0.5) is 20.8 Å². The van der Waals surface area contributed by atoms with Crippen LogP contribution in [0.3, 0.4) is 0 Å². The largest absolute Gasteiger partial charge is 0.493 e. The second kappa shape index (κ2) is 10.2. The molecular weight excluding hydrogens is 473 g/mol. The minimum Gasteiger partial charge on any atom is -0.493 e. The predicted octanol–water partition coefficient (Wildman–Crippen LogP) is 6.02. The monoisotopic (exact) mass is 497 g/mol. The van der Waals surface area contributed by atoms with E-state index < -0.39 is 11.7 Å². The van der Waals surface area contributed by atoms with Crippen molar-refractivity contribution >= 4 is 40.3 Å². The fourth-order valence-corrected chi connectivity index (χ4v) is 4.12. The van der Waals surface area contributed by atoms with Crippen LogP contribution in [-0.2, 0) is 5.67 Å². The van der Waals surface area contributed by atoms with E-state index in [4.69, 9.17) is 14.0 Å². The molecule has 0 fully saturated rings. The molecule has 2 aromatic heterocycles. The lowest BCUT2D eigenvalue weighted by molar-refractivity contribution is 0.205. The van der Waals surface area contributed by atoms with E-state index in [1.54, 1.807) is 13.2 Å². The number of nitrogens with zero attached hydrogens (tertiary/aromatic N) is 3. The fourth-order valence-electron chi connectivity index (χ4n) is 3.19. The number of methoxy groups -OCH3 is 1. The Bertz CT molecular complexity index is 1360. The van der Waals surface area contributed by atoms with Crippen LogP contribution in [0.25, 0.3) is 10.9 Å². The van der Waals surface area contributed by atoms with Crippen molar-refractivity contribution in [3.05, 3.63) is 54.5 Å². The van der Waals surface area contributed by atoms with Crippen LogP contribution >= 0.6 is 11.8 Å². The van der Waals surface area contributed by atoms with Gasteiger partial charge in [0.2, 0.25) is 5.88 Å². The number of anilines is 2. The van der Waals surface area contributed by atoms with Gasteiger partial charge in [0.05, 0.1) is 19.2 Å². The van der Waals surface area contributed by atoms with Crippen molar-refractivity contribution in [1.29, 1.82) is 0 Å². The molecule has 9 nitrogen and oxygen atoms in total. The van der Waals surface area contributed by atoms with Gasteiger partial charge in [-0.3, -0.25) is 5.32 Å². The number of fused-ring (bicyclic) bond motifs is 1. The quantitative estimate of drug-likeness (QED) is 0.284.